The number of hydrogen-bond donors (Lipinski definition) is 1. The molecule has 5 nitrogen and oxygen atoms in total. The van der Waals surface area contributed by atoms with Gasteiger partial charge in [0.05, 0.1) is 0 Å². The van der Waals surface area contributed by atoms with Gasteiger partial charge in [0.15, 0.2) is 0 Å². The van der Waals surface area contributed by atoms with E-state index in [4.69, 9.17) is 0 Å². The van der Waals surface area contributed by atoms with Gasteiger partial charge in [-0.05, 0) is 31.4 Å². The van der Waals surface area contributed by atoms with Crippen molar-refractivity contribution in [1.82, 2.24) is 15.3 Å². The maximum absolute atomic E-state index is 4.68. The molecule has 1 aliphatic rings. The first-order chi connectivity index (χ1) is 9.56. The molecule has 1 atom stereocenters. The number of nitrogens with zero attached hydrogens (tertiary/aromatic N) is 4. The van der Waals surface area contributed by atoms with E-state index in [1.807, 2.05) is 31.3 Å². The summed E-state index contributed by atoms with van der Waals surface area (Å²) in [5, 5.41) is 3.57. The van der Waals surface area contributed by atoms with Gasteiger partial charge in [0, 0.05) is 39.4 Å². The molecule has 5 heteroatoms. The summed E-state index contributed by atoms with van der Waals surface area (Å²) in [7, 11) is 3.95. The molecule has 2 heterocycles. The largest absolute Gasteiger partial charge is 0.355 e. The van der Waals surface area contributed by atoms with Crippen LogP contribution >= 0.6 is 0 Å². The Hall–Kier alpha value is -1.36. The Balaban J connectivity index is 2.13. The van der Waals surface area contributed by atoms with Crippen LogP contribution in [-0.2, 0) is 0 Å². The van der Waals surface area contributed by atoms with Crippen molar-refractivity contribution in [3.63, 3.8) is 0 Å². The van der Waals surface area contributed by atoms with Gasteiger partial charge < -0.3 is 15.1 Å². The van der Waals surface area contributed by atoms with E-state index in [0.717, 1.165) is 31.4 Å². The highest BCUT2D eigenvalue weighted by atomic mass is 15.3. The van der Waals surface area contributed by atoms with E-state index < -0.39 is 0 Å². The third-order valence-electron chi connectivity index (χ3n) is 3.54. The van der Waals surface area contributed by atoms with Gasteiger partial charge in [-0.2, -0.15) is 4.98 Å². The molecule has 1 aromatic heterocycles. The van der Waals surface area contributed by atoms with E-state index in [0.29, 0.717) is 12.0 Å². The molecule has 1 aliphatic heterocycles. The first kappa shape index (κ1) is 15.0. The van der Waals surface area contributed by atoms with Gasteiger partial charge in [0.25, 0.3) is 0 Å². The van der Waals surface area contributed by atoms with Gasteiger partial charge in [0.2, 0.25) is 5.95 Å². The summed E-state index contributed by atoms with van der Waals surface area (Å²) in [6.07, 6.45) is 4.40. The monoisotopic (exact) mass is 277 g/mol. The lowest BCUT2D eigenvalue weighted by Gasteiger charge is -2.29. The van der Waals surface area contributed by atoms with E-state index in [1.165, 1.54) is 12.8 Å². The van der Waals surface area contributed by atoms with Crippen LogP contribution in [0.15, 0.2) is 12.3 Å². The van der Waals surface area contributed by atoms with Crippen LogP contribution in [0.3, 0.4) is 0 Å². The maximum atomic E-state index is 4.68. The van der Waals surface area contributed by atoms with E-state index in [1.54, 1.807) is 0 Å². The SMILES string of the molecule is CC(C)CN(CC1CCCN1)c1ccnc(N(C)C)n1. The number of anilines is 2. The Morgan fingerprint density at radius 2 is 2.20 bits per heavy atom. The molecule has 1 fully saturated rings. The zero-order valence-corrected chi connectivity index (χ0v) is 13.1. The van der Waals surface area contributed by atoms with Crippen molar-refractivity contribution in [2.45, 2.75) is 32.7 Å². The minimum absolute atomic E-state index is 0.589. The zero-order chi connectivity index (χ0) is 14.5. The summed E-state index contributed by atoms with van der Waals surface area (Å²) >= 11 is 0. The van der Waals surface area contributed by atoms with Crippen molar-refractivity contribution in [3.05, 3.63) is 12.3 Å². The Labute approximate surface area is 122 Å². The van der Waals surface area contributed by atoms with E-state index in [-0.39, 0.29) is 0 Å². The van der Waals surface area contributed by atoms with Crippen LogP contribution in [-0.4, -0.2) is 49.7 Å². The van der Waals surface area contributed by atoms with Crippen molar-refractivity contribution in [3.8, 4) is 0 Å². The third kappa shape index (κ3) is 4.07. The minimum atomic E-state index is 0.589. The lowest BCUT2D eigenvalue weighted by atomic mass is 10.1. The van der Waals surface area contributed by atoms with Gasteiger partial charge in [0.1, 0.15) is 5.82 Å². The molecule has 0 bridgehead atoms. The molecule has 0 spiro atoms. The van der Waals surface area contributed by atoms with Crippen LogP contribution < -0.4 is 15.1 Å². The summed E-state index contributed by atoms with van der Waals surface area (Å²) in [5.74, 6) is 2.43. The van der Waals surface area contributed by atoms with Crippen LogP contribution in [0, 0.1) is 5.92 Å². The molecule has 0 radical (unpaired) electrons. The van der Waals surface area contributed by atoms with Crippen LogP contribution in [0.5, 0.6) is 0 Å². The second kappa shape index (κ2) is 6.88. The highest BCUT2D eigenvalue weighted by molar-refractivity contribution is 5.43. The number of hydrogen-bond acceptors (Lipinski definition) is 5. The lowest BCUT2D eigenvalue weighted by molar-refractivity contribution is 0.537. The summed E-state index contributed by atoms with van der Waals surface area (Å²) in [6.45, 7) is 7.71. The van der Waals surface area contributed by atoms with Crippen LogP contribution in [0.25, 0.3) is 0 Å². The normalized spacial score (nSPS) is 18.6. The molecule has 0 amide bonds. The van der Waals surface area contributed by atoms with Gasteiger partial charge in [-0.1, -0.05) is 13.8 Å². The fourth-order valence-corrected chi connectivity index (χ4v) is 2.61. The summed E-state index contributed by atoms with van der Waals surface area (Å²) in [6, 6.07) is 2.61. The first-order valence-corrected chi connectivity index (χ1v) is 7.55. The van der Waals surface area contributed by atoms with E-state index >= 15 is 0 Å². The molecule has 1 unspecified atom stereocenters. The number of rotatable bonds is 6. The van der Waals surface area contributed by atoms with E-state index in [2.05, 4.69) is 34.0 Å². The standard InChI is InChI=1S/C15H27N5/c1-12(2)10-20(11-13-6-5-8-16-13)14-7-9-17-15(18-14)19(3)4/h7,9,12-13,16H,5-6,8,10-11H2,1-4H3. The average Bonchev–Trinajstić information content (AvgIpc) is 2.90. The van der Waals surface area contributed by atoms with Crippen molar-refractivity contribution in [2.24, 2.45) is 5.92 Å². The van der Waals surface area contributed by atoms with Crippen LogP contribution in [0.2, 0.25) is 0 Å². The van der Waals surface area contributed by atoms with Gasteiger partial charge >= 0.3 is 0 Å². The molecule has 20 heavy (non-hydrogen) atoms. The average molecular weight is 277 g/mol. The Kier molecular flexibility index (Phi) is 5.17. The maximum Gasteiger partial charge on any atom is 0.226 e. The highest BCUT2D eigenvalue weighted by Crippen LogP contribution is 2.17. The first-order valence-electron chi connectivity index (χ1n) is 7.55. The van der Waals surface area contributed by atoms with Gasteiger partial charge in [-0.25, -0.2) is 4.98 Å². The Bertz CT molecular complexity index is 412. The molecule has 112 valence electrons. The third-order valence-corrected chi connectivity index (χ3v) is 3.54. The molecule has 0 saturated carbocycles. The second-order valence-corrected chi connectivity index (χ2v) is 6.20. The van der Waals surface area contributed by atoms with Gasteiger partial charge in [-0.15, -0.1) is 0 Å². The topological polar surface area (TPSA) is 44.3 Å². The fraction of sp³-hybridized carbons (Fsp3) is 0.733. The predicted molar refractivity (Wildman–Crippen MR) is 84.4 cm³/mol. The fourth-order valence-electron chi connectivity index (χ4n) is 2.61. The molecule has 1 saturated heterocycles. The summed E-state index contributed by atoms with van der Waals surface area (Å²) in [4.78, 5) is 13.3. The van der Waals surface area contributed by atoms with Crippen LogP contribution in [0.1, 0.15) is 26.7 Å². The van der Waals surface area contributed by atoms with Crippen molar-refractivity contribution in [1.29, 1.82) is 0 Å². The molecule has 2 rings (SSSR count). The zero-order valence-electron chi connectivity index (χ0n) is 13.1. The minimum Gasteiger partial charge on any atom is -0.355 e. The Morgan fingerprint density at radius 3 is 2.80 bits per heavy atom. The molecule has 0 aliphatic carbocycles. The lowest BCUT2D eigenvalue weighted by Crippen LogP contribution is -2.40. The van der Waals surface area contributed by atoms with E-state index in [9.17, 15) is 0 Å². The Morgan fingerprint density at radius 1 is 1.40 bits per heavy atom. The number of aromatic nitrogens is 2. The van der Waals surface area contributed by atoms with Crippen molar-refractivity contribution in [2.75, 3.05) is 43.5 Å². The molecule has 1 aromatic rings. The predicted octanol–water partition coefficient (Wildman–Crippen LogP) is 1.76. The quantitative estimate of drug-likeness (QED) is 0.858. The molecular weight excluding hydrogens is 250 g/mol. The van der Waals surface area contributed by atoms with Gasteiger partial charge in [-0.3, -0.25) is 0 Å². The van der Waals surface area contributed by atoms with Crippen molar-refractivity contribution >= 4 is 11.8 Å². The van der Waals surface area contributed by atoms with Crippen LogP contribution in [0.4, 0.5) is 11.8 Å². The second-order valence-electron chi connectivity index (χ2n) is 6.20. The smallest absolute Gasteiger partial charge is 0.226 e. The summed E-state index contributed by atoms with van der Waals surface area (Å²) < 4.78 is 0. The molecule has 1 N–H and O–H groups in total. The molecular formula is C15H27N5. The summed E-state index contributed by atoms with van der Waals surface area (Å²) in [5.41, 5.74) is 0. The highest BCUT2D eigenvalue weighted by Gasteiger charge is 2.20. The molecule has 0 aromatic carbocycles. The van der Waals surface area contributed by atoms with Crippen molar-refractivity contribution < 1.29 is 0 Å². The number of nitrogens with one attached hydrogen (secondary N) is 1.